The van der Waals surface area contributed by atoms with E-state index in [1.165, 1.54) is 4.31 Å². The van der Waals surface area contributed by atoms with Crippen molar-refractivity contribution in [3.05, 3.63) is 66.2 Å². The van der Waals surface area contributed by atoms with Crippen molar-refractivity contribution in [2.24, 2.45) is 11.8 Å². The van der Waals surface area contributed by atoms with E-state index in [4.69, 9.17) is 0 Å². The van der Waals surface area contributed by atoms with Crippen molar-refractivity contribution in [2.75, 3.05) is 19.6 Å². The van der Waals surface area contributed by atoms with Crippen molar-refractivity contribution in [3.63, 3.8) is 0 Å². The molecule has 2 heterocycles. The zero-order chi connectivity index (χ0) is 25.7. The van der Waals surface area contributed by atoms with Gasteiger partial charge in [-0.25, -0.2) is 8.42 Å². The standard InChI is InChI=1S/C28H37N3O4S/c1-21(2)19-27(32)29-24-15-17-30(18-16-24)28(33)23-13-14-26(22-9-5-3-6-10-22)31(20-23)36(34,35)25-11-7-4-8-12-25/h3-12,21,23-24,26H,13-20H2,1-2H3,(H,29,32). The average Bonchev–Trinajstić information content (AvgIpc) is 2.89. The SMILES string of the molecule is CC(C)CC(=O)NC1CCN(C(=O)C2CCC(c3ccccc3)N(S(=O)(=O)c3ccccc3)C2)CC1. The molecular formula is C28H37N3O4S. The van der Waals surface area contributed by atoms with E-state index in [1.807, 2.05) is 49.1 Å². The fraction of sp³-hybridized carbons (Fsp3) is 0.500. The van der Waals surface area contributed by atoms with Crippen molar-refractivity contribution in [3.8, 4) is 0 Å². The molecule has 8 heteroatoms. The molecule has 2 aliphatic rings. The third-order valence-electron chi connectivity index (χ3n) is 7.19. The molecule has 2 saturated heterocycles. The maximum absolute atomic E-state index is 13.7. The Morgan fingerprint density at radius 1 is 0.917 bits per heavy atom. The lowest BCUT2D eigenvalue weighted by molar-refractivity contribution is -0.138. The Balaban J connectivity index is 1.46. The number of carbonyl (C=O) groups is 2. The number of hydrogen-bond donors (Lipinski definition) is 1. The topological polar surface area (TPSA) is 86.8 Å². The predicted octanol–water partition coefficient (Wildman–Crippen LogP) is 3.98. The van der Waals surface area contributed by atoms with Crippen LogP contribution in [0.2, 0.25) is 0 Å². The highest BCUT2D eigenvalue weighted by atomic mass is 32.2. The fourth-order valence-corrected chi connectivity index (χ4v) is 7.01. The molecule has 2 unspecified atom stereocenters. The van der Waals surface area contributed by atoms with Crippen molar-refractivity contribution in [1.82, 2.24) is 14.5 Å². The van der Waals surface area contributed by atoms with E-state index < -0.39 is 10.0 Å². The Morgan fingerprint density at radius 3 is 2.14 bits per heavy atom. The summed E-state index contributed by atoms with van der Waals surface area (Å²) in [6.07, 6.45) is 3.19. The second kappa shape index (κ2) is 11.6. The summed E-state index contributed by atoms with van der Waals surface area (Å²) in [5.41, 5.74) is 0.945. The van der Waals surface area contributed by atoms with Gasteiger partial charge in [0.15, 0.2) is 0 Å². The normalized spacial score (nSPS) is 21.9. The minimum Gasteiger partial charge on any atom is -0.353 e. The van der Waals surface area contributed by atoms with Crippen LogP contribution < -0.4 is 5.32 Å². The summed E-state index contributed by atoms with van der Waals surface area (Å²) in [7, 11) is -3.77. The first-order valence-corrected chi connectivity index (χ1v) is 14.4. The molecule has 194 valence electrons. The minimum atomic E-state index is -3.77. The molecule has 2 fully saturated rings. The third kappa shape index (κ3) is 6.16. The first kappa shape index (κ1) is 26.4. The molecule has 2 aromatic carbocycles. The Labute approximate surface area is 214 Å². The van der Waals surface area contributed by atoms with Crippen molar-refractivity contribution < 1.29 is 18.0 Å². The number of nitrogens with zero attached hydrogens (tertiary/aromatic N) is 2. The van der Waals surface area contributed by atoms with Crippen LogP contribution in [-0.4, -0.2) is 55.1 Å². The molecule has 36 heavy (non-hydrogen) atoms. The molecule has 0 radical (unpaired) electrons. The van der Waals surface area contributed by atoms with Crippen LogP contribution in [-0.2, 0) is 19.6 Å². The van der Waals surface area contributed by atoms with E-state index in [0.29, 0.717) is 38.3 Å². The number of piperidine rings is 2. The molecule has 2 amide bonds. The molecule has 0 aromatic heterocycles. The van der Waals surface area contributed by atoms with Crippen LogP contribution in [0.4, 0.5) is 0 Å². The largest absolute Gasteiger partial charge is 0.353 e. The monoisotopic (exact) mass is 511 g/mol. The van der Waals surface area contributed by atoms with Crippen molar-refractivity contribution in [2.45, 2.75) is 62.9 Å². The van der Waals surface area contributed by atoms with Crippen LogP contribution in [0.1, 0.15) is 57.6 Å². The van der Waals surface area contributed by atoms with Crippen LogP contribution in [0.15, 0.2) is 65.6 Å². The van der Waals surface area contributed by atoms with E-state index in [9.17, 15) is 18.0 Å². The summed E-state index contributed by atoms with van der Waals surface area (Å²) >= 11 is 0. The molecule has 1 N–H and O–H groups in total. The summed E-state index contributed by atoms with van der Waals surface area (Å²) in [6.45, 7) is 5.37. The molecule has 0 saturated carbocycles. The second-order valence-corrected chi connectivity index (χ2v) is 12.2. The van der Waals surface area contributed by atoms with E-state index in [2.05, 4.69) is 5.32 Å². The zero-order valence-corrected chi connectivity index (χ0v) is 22.0. The average molecular weight is 512 g/mol. The lowest BCUT2D eigenvalue weighted by Gasteiger charge is -2.41. The van der Waals surface area contributed by atoms with Gasteiger partial charge >= 0.3 is 0 Å². The van der Waals surface area contributed by atoms with Crippen LogP contribution in [0, 0.1) is 11.8 Å². The number of hydrogen-bond acceptors (Lipinski definition) is 4. The Hall–Kier alpha value is -2.71. The van der Waals surface area contributed by atoms with Gasteiger partial charge in [0.2, 0.25) is 21.8 Å². The highest BCUT2D eigenvalue weighted by Crippen LogP contribution is 2.38. The fourth-order valence-electron chi connectivity index (χ4n) is 5.30. The predicted molar refractivity (Wildman–Crippen MR) is 139 cm³/mol. The highest BCUT2D eigenvalue weighted by Gasteiger charge is 2.41. The van der Waals surface area contributed by atoms with Crippen molar-refractivity contribution in [1.29, 1.82) is 0 Å². The number of benzene rings is 2. The first-order valence-electron chi connectivity index (χ1n) is 13.0. The van der Waals surface area contributed by atoms with Gasteiger partial charge in [0.25, 0.3) is 0 Å². The van der Waals surface area contributed by atoms with Crippen LogP contribution in [0.25, 0.3) is 0 Å². The number of amides is 2. The first-order chi connectivity index (χ1) is 17.3. The quantitative estimate of drug-likeness (QED) is 0.609. The van der Waals surface area contributed by atoms with Gasteiger partial charge in [-0.05, 0) is 49.3 Å². The third-order valence-corrected chi connectivity index (χ3v) is 9.07. The number of likely N-dealkylation sites (tertiary alicyclic amines) is 1. The van der Waals surface area contributed by atoms with Gasteiger partial charge in [0.1, 0.15) is 0 Å². The minimum absolute atomic E-state index is 0.0155. The van der Waals surface area contributed by atoms with E-state index in [-0.39, 0.29) is 41.3 Å². The summed E-state index contributed by atoms with van der Waals surface area (Å²) < 4.78 is 28.9. The molecule has 7 nitrogen and oxygen atoms in total. The molecule has 2 aliphatic heterocycles. The second-order valence-electron chi connectivity index (χ2n) is 10.4. The van der Waals surface area contributed by atoms with Gasteiger partial charge in [-0.3, -0.25) is 9.59 Å². The van der Waals surface area contributed by atoms with E-state index in [0.717, 1.165) is 18.4 Å². The number of carbonyl (C=O) groups excluding carboxylic acids is 2. The van der Waals surface area contributed by atoms with E-state index >= 15 is 0 Å². The van der Waals surface area contributed by atoms with Crippen LogP contribution in [0.3, 0.4) is 0 Å². The van der Waals surface area contributed by atoms with Gasteiger partial charge < -0.3 is 10.2 Å². The maximum atomic E-state index is 13.7. The summed E-state index contributed by atoms with van der Waals surface area (Å²) in [5, 5.41) is 3.09. The molecule has 0 bridgehead atoms. The van der Waals surface area contributed by atoms with Gasteiger partial charge in [-0.1, -0.05) is 62.4 Å². The maximum Gasteiger partial charge on any atom is 0.243 e. The van der Waals surface area contributed by atoms with Gasteiger partial charge in [-0.15, -0.1) is 0 Å². The molecule has 4 rings (SSSR count). The van der Waals surface area contributed by atoms with Crippen molar-refractivity contribution >= 4 is 21.8 Å². The number of rotatable bonds is 7. The molecule has 2 aromatic rings. The van der Waals surface area contributed by atoms with Gasteiger partial charge in [0, 0.05) is 32.1 Å². The molecule has 0 spiro atoms. The molecule has 0 aliphatic carbocycles. The summed E-state index contributed by atoms with van der Waals surface area (Å²) in [5.74, 6) is 0.0147. The van der Waals surface area contributed by atoms with Gasteiger partial charge in [-0.2, -0.15) is 4.31 Å². The summed E-state index contributed by atoms with van der Waals surface area (Å²) in [4.78, 5) is 27.7. The molecular weight excluding hydrogens is 474 g/mol. The van der Waals surface area contributed by atoms with Crippen LogP contribution in [0.5, 0.6) is 0 Å². The van der Waals surface area contributed by atoms with Gasteiger partial charge in [0.05, 0.1) is 16.9 Å². The lowest BCUT2D eigenvalue weighted by atomic mass is 9.89. The molecule has 2 atom stereocenters. The smallest absolute Gasteiger partial charge is 0.243 e. The van der Waals surface area contributed by atoms with E-state index in [1.54, 1.807) is 30.3 Å². The Kier molecular flexibility index (Phi) is 8.46. The Bertz CT molecular complexity index is 1130. The number of nitrogens with one attached hydrogen (secondary N) is 1. The Morgan fingerprint density at radius 2 is 1.53 bits per heavy atom. The lowest BCUT2D eigenvalue weighted by Crippen LogP contribution is -2.51. The highest BCUT2D eigenvalue weighted by molar-refractivity contribution is 7.89. The number of sulfonamides is 1. The zero-order valence-electron chi connectivity index (χ0n) is 21.2. The summed E-state index contributed by atoms with van der Waals surface area (Å²) in [6, 6.07) is 17.9. The van der Waals surface area contributed by atoms with Crippen LogP contribution >= 0.6 is 0 Å².